The van der Waals surface area contributed by atoms with Gasteiger partial charge in [-0.15, -0.1) is 10.2 Å². The molecule has 0 aliphatic carbocycles. The number of aromatic nitrogens is 2. The number of rotatable bonds is 6. The van der Waals surface area contributed by atoms with Crippen molar-refractivity contribution in [2.24, 2.45) is 0 Å². The molecule has 0 saturated carbocycles. The molecule has 0 amide bonds. The highest BCUT2D eigenvalue weighted by Crippen LogP contribution is 2.11. The maximum Gasteiger partial charge on any atom is 0.233 e. The van der Waals surface area contributed by atoms with Gasteiger partial charge in [-0.3, -0.25) is 0 Å². The fraction of sp³-hybridized carbons (Fsp3) is 0.600. The van der Waals surface area contributed by atoms with Gasteiger partial charge in [0.25, 0.3) is 0 Å². The van der Waals surface area contributed by atoms with Crippen LogP contribution in [0.25, 0.3) is 0 Å². The van der Waals surface area contributed by atoms with E-state index in [2.05, 4.69) is 10.2 Å². The minimum absolute atomic E-state index is 0.0945. The lowest BCUT2D eigenvalue weighted by Crippen LogP contribution is -2.05. The van der Waals surface area contributed by atoms with E-state index >= 15 is 0 Å². The van der Waals surface area contributed by atoms with Crippen LogP contribution in [0.4, 0.5) is 0 Å². The Balaban J connectivity index is 2.45. The Morgan fingerprint density at radius 3 is 2.73 bits per heavy atom. The number of methoxy groups -OCH3 is 1. The van der Waals surface area contributed by atoms with Crippen molar-refractivity contribution >= 4 is 0 Å². The summed E-state index contributed by atoms with van der Waals surface area (Å²) in [7, 11) is 1.65. The van der Waals surface area contributed by atoms with Gasteiger partial charge in [0.2, 0.25) is 5.88 Å². The van der Waals surface area contributed by atoms with Crippen LogP contribution < -0.4 is 4.74 Å². The summed E-state index contributed by atoms with van der Waals surface area (Å²) in [6.45, 7) is 2.99. The van der Waals surface area contributed by atoms with E-state index in [-0.39, 0.29) is 6.61 Å². The first-order chi connectivity index (χ1) is 7.27. The van der Waals surface area contributed by atoms with Crippen molar-refractivity contribution in [3.63, 3.8) is 0 Å². The third-order valence-electron chi connectivity index (χ3n) is 1.96. The van der Waals surface area contributed by atoms with Gasteiger partial charge < -0.3 is 14.6 Å². The zero-order chi connectivity index (χ0) is 11.1. The third-order valence-corrected chi connectivity index (χ3v) is 1.96. The van der Waals surface area contributed by atoms with Crippen LogP contribution in [-0.2, 0) is 11.3 Å². The number of aryl methyl sites for hydroxylation is 1. The van der Waals surface area contributed by atoms with Gasteiger partial charge in [0, 0.05) is 26.2 Å². The fourth-order valence-electron chi connectivity index (χ4n) is 1.09. The normalized spacial score (nSPS) is 10.3. The Kier molecular flexibility index (Phi) is 5.00. The van der Waals surface area contributed by atoms with Gasteiger partial charge in [0.1, 0.15) is 0 Å². The average Bonchev–Trinajstić information content (AvgIpc) is 2.25. The quantitative estimate of drug-likeness (QED) is 0.703. The van der Waals surface area contributed by atoms with E-state index in [9.17, 15) is 0 Å². The number of hydrogen-bond acceptors (Lipinski definition) is 5. The fourth-order valence-corrected chi connectivity index (χ4v) is 1.09. The second kappa shape index (κ2) is 6.31. The first-order valence-corrected chi connectivity index (χ1v) is 4.83. The summed E-state index contributed by atoms with van der Waals surface area (Å²) < 4.78 is 10.2. The summed E-state index contributed by atoms with van der Waals surface area (Å²) in [4.78, 5) is 0. The maximum atomic E-state index is 8.90. The van der Waals surface area contributed by atoms with Gasteiger partial charge in [-0.1, -0.05) is 0 Å². The Morgan fingerprint density at radius 2 is 2.13 bits per heavy atom. The molecule has 1 heterocycles. The minimum Gasteiger partial charge on any atom is -0.477 e. The van der Waals surface area contributed by atoms with Crippen molar-refractivity contribution in [2.45, 2.75) is 20.0 Å². The van der Waals surface area contributed by atoms with E-state index in [0.29, 0.717) is 24.8 Å². The predicted octanol–water partition coefficient (Wildman–Crippen LogP) is 0.693. The zero-order valence-corrected chi connectivity index (χ0v) is 9.06. The van der Waals surface area contributed by atoms with Gasteiger partial charge >= 0.3 is 0 Å². The Hall–Kier alpha value is -1.20. The molecular weight excluding hydrogens is 196 g/mol. The molecule has 15 heavy (non-hydrogen) atoms. The largest absolute Gasteiger partial charge is 0.477 e. The molecule has 0 saturated heterocycles. The number of aliphatic hydroxyl groups excluding tert-OH is 1. The number of hydrogen-bond donors (Lipinski definition) is 1. The van der Waals surface area contributed by atoms with Crippen molar-refractivity contribution in [3.05, 3.63) is 17.3 Å². The molecule has 0 aromatic carbocycles. The van der Waals surface area contributed by atoms with Crippen molar-refractivity contribution in [1.82, 2.24) is 10.2 Å². The number of ether oxygens (including phenoxy) is 2. The molecule has 1 N–H and O–H groups in total. The molecule has 0 aliphatic heterocycles. The summed E-state index contributed by atoms with van der Waals surface area (Å²) in [6.07, 6.45) is 0.818. The first kappa shape index (κ1) is 11.9. The minimum atomic E-state index is -0.0945. The lowest BCUT2D eigenvalue weighted by molar-refractivity contribution is 0.170. The SMILES string of the molecule is COCCCOc1cc(C)c(CO)nn1. The first-order valence-electron chi connectivity index (χ1n) is 4.83. The van der Waals surface area contributed by atoms with Crippen LogP contribution >= 0.6 is 0 Å². The smallest absolute Gasteiger partial charge is 0.233 e. The van der Waals surface area contributed by atoms with Crippen molar-refractivity contribution in [3.8, 4) is 5.88 Å². The van der Waals surface area contributed by atoms with Crippen molar-refractivity contribution in [2.75, 3.05) is 20.3 Å². The van der Waals surface area contributed by atoms with E-state index in [4.69, 9.17) is 14.6 Å². The molecular formula is C10H16N2O3. The molecule has 1 aromatic heterocycles. The molecule has 5 nitrogen and oxygen atoms in total. The van der Waals surface area contributed by atoms with Crippen LogP contribution in [0.1, 0.15) is 17.7 Å². The van der Waals surface area contributed by atoms with Gasteiger partial charge in [-0.05, 0) is 12.5 Å². The lowest BCUT2D eigenvalue weighted by Gasteiger charge is -2.06. The molecule has 0 atom stereocenters. The van der Waals surface area contributed by atoms with E-state index in [0.717, 1.165) is 12.0 Å². The van der Waals surface area contributed by atoms with E-state index in [1.807, 2.05) is 6.92 Å². The molecule has 0 radical (unpaired) electrons. The monoisotopic (exact) mass is 212 g/mol. The van der Waals surface area contributed by atoms with Crippen molar-refractivity contribution in [1.29, 1.82) is 0 Å². The van der Waals surface area contributed by atoms with Crippen LogP contribution in [0, 0.1) is 6.92 Å². The highest BCUT2D eigenvalue weighted by Gasteiger charge is 2.02. The third kappa shape index (κ3) is 3.81. The summed E-state index contributed by atoms with van der Waals surface area (Å²) >= 11 is 0. The number of aliphatic hydroxyl groups is 1. The van der Waals surface area contributed by atoms with Gasteiger partial charge in [-0.25, -0.2) is 0 Å². The zero-order valence-electron chi connectivity index (χ0n) is 9.06. The second-order valence-electron chi connectivity index (χ2n) is 3.17. The van der Waals surface area contributed by atoms with Crippen molar-refractivity contribution < 1.29 is 14.6 Å². The molecule has 0 bridgehead atoms. The topological polar surface area (TPSA) is 64.5 Å². The van der Waals surface area contributed by atoms with Gasteiger partial charge in [0.05, 0.1) is 18.9 Å². The summed E-state index contributed by atoms with van der Waals surface area (Å²) in [5.74, 6) is 0.487. The van der Waals surface area contributed by atoms with Gasteiger partial charge in [-0.2, -0.15) is 0 Å². The Morgan fingerprint density at radius 1 is 1.33 bits per heavy atom. The molecule has 0 spiro atoms. The lowest BCUT2D eigenvalue weighted by atomic mass is 10.2. The molecule has 0 aliphatic rings. The molecule has 5 heteroatoms. The molecule has 1 aromatic rings. The predicted molar refractivity (Wildman–Crippen MR) is 54.7 cm³/mol. The highest BCUT2D eigenvalue weighted by molar-refractivity contribution is 5.22. The molecule has 0 unspecified atom stereocenters. The number of nitrogens with zero attached hydrogens (tertiary/aromatic N) is 2. The van der Waals surface area contributed by atoms with Crippen LogP contribution in [0.5, 0.6) is 5.88 Å². The molecule has 84 valence electrons. The maximum absolute atomic E-state index is 8.90. The highest BCUT2D eigenvalue weighted by atomic mass is 16.5. The van der Waals surface area contributed by atoms with Crippen LogP contribution in [-0.4, -0.2) is 35.6 Å². The van der Waals surface area contributed by atoms with E-state index in [1.54, 1.807) is 13.2 Å². The standard InChI is InChI=1S/C10H16N2O3/c1-8-6-10(12-11-9(8)7-13)15-5-3-4-14-2/h6,13H,3-5,7H2,1-2H3. The second-order valence-corrected chi connectivity index (χ2v) is 3.17. The summed E-state index contributed by atoms with van der Waals surface area (Å²) in [5.41, 5.74) is 1.47. The van der Waals surface area contributed by atoms with Crippen LogP contribution in [0.15, 0.2) is 6.07 Å². The molecule has 1 rings (SSSR count). The van der Waals surface area contributed by atoms with Crippen LogP contribution in [0.3, 0.4) is 0 Å². The summed E-state index contributed by atoms with van der Waals surface area (Å²) in [6, 6.07) is 1.77. The van der Waals surface area contributed by atoms with E-state index < -0.39 is 0 Å². The average molecular weight is 212 g/mol. The Bertz CT molecular complexity index is 305. The summed E-state index contributed by atoms with van der Waals surface area (Å²) in [5, 5.41) is 16.6. The Labute approximate surface area is 89.1 Å². The van der Waals surface area contributed by atoms with Crippen LogP contribution in [0.2, 0.25) is 0 Å². The van der Waals surface area contributed by atoms with Gasteiger partial charge in [0.15, 0.2) is 0 Å². The molecule has 0 fully saturated rings. The van der Waals surface area contributed by atoms with E-state index in [1.165, 1.54) is 0 Å².